The predicted octanol–water partition coefficient (Wildman–Crippen LogP) is 4.19. The number of carbonyl (C=O) groups is 2. The molecule has 0 saturated carbocycles. The van der Waals surface area contributed by atoms with Crippen LogP contribution in [-0.4, -0.2) is 24.0 Å². The molecule has 0 unspecified atom stereocenters. The first-order chi connectivity index (χ1) is 12.1. The molecule has 0 aliphatic carbocycles. The van der Waals surface area contributed by atoms with Gasteiger partial charge in [0.15, 0.2) is 6.61 Å². The Morgan fingerprint density at radius 3 is 2.50 bits per heavy atom. The van der Waals surface area contributed by atoms with E-state index in [0.29, 0.717) is 22.0 Å². The topological polar surface area (TPSA) is 67.4 Å². The summed E-state index contributed by atoms with van der Waals surface area (Å²) in [5.41, 5.74) is 1.53. The number of benzene rings is 2. The molecule has 0 bridgehead atoms. The molecule has 0 fully saturated rings. The molecule has 0 aromatic heterocycles. The second-order valence-corrected chi connectivity index (χ2v) is 7.47. The van der Waals surface area contributed by atoms with Gasteiger partial charge < -0.3 is 15.4 Å². The van der Waals surface area contributed by atoms with Crippen LogP contribution in [0.5, 0.6) is 5.75 Å². The number of hydrogen-bond acceptors (Lipinski definition) is 3. The monoisotopic (exact) mass is 374 g/mol. The minimum Gasteiger partial charge on any atom is -0.483 e. The largest absolute Gasteiger partial charge is 0.483 e. The number of anilines is 1. The maximum Gasteiger partial charge on any atom is 0.262 e. The zero-order valence-electron chi connectivity index (χ0n) is 15.4. The number of nitrogens with one attached hydrogen (secondary N) is 2. The molecule has 5 nitrogen and oxygen atoms in total. The number of halogens is 1. The minimum atomic E-state index is -0.333. The molecule has 0 heterocycles. The number of aryl methyl sites for hydroxylation is 1. The fraction of sp³-hybridized carbons (Fsp3) is 0.300. The van der Waals surface area contributed by atoms with Crippen molar-refractivity contribution < 1.29 is 14.3 Å². The van der Waals surface area contributed by atoms with E-state index in [-0.39, 0.29) is 24.0 Å². The fourth-order valence-electron chi connectivity index (χ4n) is 2.27. The van der Waals surface area contributed by atoms with Crippen molar-refractivity contribution in [1.82, 2.24) is 5.32 Å². The van der Waals surface area contributed by atoms with Crippen molar-refractivity contribution in [2.45, 2.75) is 33.2 Å². The third-order valence-electron chi connectivity index (χ3n) is 3.39. The summed E-state index contributed by atoms with van der Waals surface area (Å²) >= 11 is 5.90. The summed E-state index contributed by atoms with van der Waals surface area (Å²) in [6.07, 6.45) is 0. The Morgan fingerprint density at radius 1 is 1.12 bits per heavy atom. The highest BCUT2D eigenvalue weighted by atomic mass is 35.5. The number of ether oxygens (including phenoxy) is 1. The number of carbonyl (C=O) groups excluding carboxylic acids is 2. The van der Waals surface area contributed by atoms with Gasteiger partial charge in [-0.15, -0.1) is 0 Å². The molecular weight excluding hydrogens is 352 g/mol. The summed E-state index contributed by atoms with van der Waals surface area (Å²) in [5, 5.41) is 6.23. The van der Waals surface area contributed by atoms with Crippen molar-refractivity contribution in [1.29, 1.82) is 0 Å². The number of hydrogen-bond donors (Lipinski definition) is 2. The molecule has 26 heavy (non-hydrogen) atoms. The molecule has 2 amide bonds. The van der Waals surface area contributed by atoms with Crippen LogP contribution in [0.3, 0.4) is 0 Å². The Hall–Kier alpha value is -2.53. The molecule has 0 atom stereocenters. The van der Waals surface area contributed by atoms with Gasteiger partial charge >= 0.3 is 0 Å². The van der Waals surface area contributed by atoms with Gasteiger partial charge in [0.2, 0.25) is 0 Å². The Kier molecular flexibility index (Phi) is 6.27. The Labute approximate surface area is 158 Å². The lowest BCUT2D eigenvalue weighted by atomic mass is 10.1. The molecule has 0 spiro atoms. The first-order valence-corrected chi connectivity index (χ1v) is 8.63. The third kappa shape index (κ3) is 6.08. The second-order valence-electron chi connectivity index (χ2n) is 7.03. The average Bonchev–Trinajstić information content (AvgIpc) is 2.52. The van der Waals surface area contributed by atoms with Crippen molar-refractivity contribution in [2.75, 3.05) is 11.9 Å². The summed E-state index contributed by atoms with van der Waals surface area (Å²) in [6, 6.07) is 12.0. The van der Waals surface area contributed by atoms with Gasteiger partial charge in [-0.2, -0.15) is 0 Å². The third-order valence-corrected chi connectivity index (χ3v) is 3.63. The molecular formula is C20H23ClN2O3. The quantitative estimate of drug-likeness (QED) is 0.824. The molecule has 2 N–H and O–H groups in total. The lowest BCUT2D eigenvalue weighted by Crippen LogP contribution is -2.40. The van der Waals surface area contributed by atoms with E-state index >= 15 is 0 Å². The first-order valence-electron chi connectivity index (χ1n) is 8.25. The molecule has 2 aromatic rings. The Balaban J connectivity index is 1.96. The zero-order valence-corrected chi connectivity index (χ0v) is 16.1. The lowest BCUT2D eigenvalue weighted by molar-refractivity contribution is -0.118. The van der Waals surface area contributed by atoms with Gasteiger partial charge in [-0.1, -0.05) is 17.7 Å². The van der Waals surface area contributed by atoms with Crippen molar-refractivity contribution in [3.8, 4) is 5.75 Å². The van der Waals surface area contributed by atoms with Crippen molar-refractivity contribution >= 4 is 29.1 Å². The molecule has 138 valence electrons. The normalized spacial score (nSPS) is 11.0. The number of amides is 2. The van der Waals surface area contributed by atoms with Crippen LogP contribution in [0.25, 0.3) is 0 Å². The predicted molar refractivity (Wildman–Crippen MR) is 104 cm³/mol. The first kappa shape index (κ1) is 19.8. The van der Waals surface area contributed by atoms with Gasteiger partial charge in [0.25, 0.3) is 11.8 Å². The summed E-state index contributed by atoms with van der Waals surface area (Å²) < 4.78 is 5.52. The highest BCUT2D eigenvalue weighted by Gasteiger charge is 2.15. The maximum absolute atomic E-state index is 12.2. The van der Waals surface area contributed by atoms with Crippen LogP contribution in [0.15, 0.2) is 42.5 Å². The zero-order chi connectivity index (χ0) is 19.3. The highest BCUT2D eigenvalue weighted by Crippen LogP contribution is 2.21. The lowest BCUT2D eigenvalue weighted by Gasteiger charge is -2.20. The van der Waals surface area contributed by atoms with Crippen LogP contribution in [-0.2, 0) is 4.79 Å². The van der Waals surface area contributed by atoms with E-state index in [1.165, 1.54) is 0 Å². The van der Waals surface area contributed by atoms with Crippen molar-refractivity contribution in [3.05, 3.63) is 58.6 Å². The average molecular weight is 375 g/mol. The van der Waals surface area contributed by atoms with Crippen LogP contribution >= 0.6 is 11.6 Å². The summed E-state index contributed by atoms with van der Waals surface area (Å²) in [5.74, 6) is 0.0947. The standard InChI is InChI=1S/C20H23ClN2O3/c1-13-10-15(21)8-9-17(13)26-12-18(24)22-16-7-5-6-14(11-16)19(25)23-20(2,3)4/h5-11H,12H2,1-4H3,(H,22,24)(H,23,25). The van der Waals surface area contributed by atoms with E-state index in [9.17, 15) is 9.59 Å². The van der Waals surface area contributed by atoms with E-state index in [1.54, 1.807) is 42.5 Å². The molecule has 2 rings (SSSR count). The van der Waals surface area contributed by atoms with Crippen LogP contribution in [0, 0.1) is 6.92 Å². The Morgan fingerprint density at radius 2 is 1.85 bits per heavy atom. The SMILES string of the molecule is Cc1cc(Cl)ccc1OCC(=O)Nc1cccc(C(=O)NC(C)(C)C)c1. The summed E-state index contributed by atoms with van der Waals surface area (Å²) in [7, 11) is 0. The molecule has 0 aliphatic rings. The van der Waals surface area contributed by atoms with E-state index in [0.717, 1.165) is 5.56 Å². The van der Waals surface area contributed by atoms with Crippen LogP contribution in [0.4, 0.5) is 5.69 Å². The van der Waals surface area contributed by atoms with Gasteiger partial charge in [0, 0.05) is 21.8 Å². The van der Waals surface area contributed by atoms with Gasteiger partial charge in [-0.05, 0) is 69.7 Å². The summed E-state index contributed by atoms with van der Waals surface area (Å²) in [4.78, 5) is 24.3. The van der Waals surface area contributed by atoms with Gasteiger partial charge in [0.05, 0.1) is 0 Å². The van der Waals surface area contributed by atoms with Crippen LogP contribution in [0.1, 0.15) is 36.7 Å². The molecule has 2 aromatic carbocycles. The van der Waals surface area contributed by atoms with E-state index in [2.05, 4.69) is 10.6 Å². The smallest absolute Gasteiger partial charge is 0.262 e. The molecule has 0 saturated heterocycles. The second kappa shape index (κ2) is 8.23. The molecule has 0 aliphatic heterocycles. The summed E-state index contributed by atoms with van der Waals surface area (Å²) in [6.45, 7) is 7.45. The van der Waals surface area contributed by atoms with Crippen LogP contribution in [0.2, 0.25) is 5.02 Å². The van der Waals surface area contributed by atoms with Gasteiger partial charge in [0.1, 0.15) is 5.75 Å². The Bertz CT molecular complexity index is 813. The van der Waals surface area contributed by atoms with Crippen LogP contribution < -0.4 is 15.4 Å². The minimum absolute atomic E-state index is 0.138. The van der Waals surface area contributed by atoms with Gasteiger partial charge in [-0.25, -0.2) is 0 Å². The van der Waals surface area contributed by atoms with Gasteiger partial charge in [-0.3, -0.25) is 9.59 Å². The maximum atomic E-state index is 12.2. The van der Waals surface area contributed by atoms with Crippen molar-refractivity contribution in [3.63, 3.8) is 0 Å². The van der Waals surface area contributed by atoms with E-state index in [4.69, 9.17) is 16.3 Å². The fourth-order valence-corrected chi connectivity index (χ4v) is 2.49. The number of rotatable bonds is 5. The molecule has 0 radical (unpaired) electrons. The highest BCUT2D eigenvalue weighted by molar-refractivity contribution is 6.30. The van der Waals surface area contributed by atoms with Crippen molar-refractivity contribution in [2.24, 2.45) is 0 Å². The molecule has 6 heteroatoms. The van der Waals surface area contributed by atoms with E-state index in [1.807, 2.05) is 27.7 Å². The van der Waals surface area contributed by atoms with E-state index < -0.39 is 0 Å².